The standard InChI is InChI=1S/C25H39N3O3/c1-20(2)19-22-23(29)28(17-18-31-3)25(24(30)26-22)12-15-27(16-13-25)14-8-7-11-21-9-5-4-6-10-21/h4-6,9-10,20,22H,7-8,11-19H2,1-3H3,(H,26,30)/t22-/m0/s1. The van der Waals surface area contributed by atoms with Gasteiger partial charge in [-0.25, -0.2) is 0 Å². The highest BCUT2D eigenvalue weighted by atomic mass is 16.5. The number of unbranched alkanes of at least 4 members (excludes halogenated alkanes) is 1. The molecule has 0 unspecified atom stereocenters. The summed E-state index contributed by atoms with van der Waals surface area (Å²) < 4.78 is 5.27. The van der Waals surface area contributed by atoms with Crippen LogP contribution in [0, 0.1) is 5.92 Å². The largest absolute Gasteiger partial charge is 0.383 e. The van der Waals surface area contributed by atoms with Crippen LogP contribution in [0.5, 0.6) is 0 Å². The van der Waals surface area contributed by atoms with Crippen LogP contribution in [0.4, 0.5) is 0 Å². The van der Waals surface area contributed by atoms with Crippen molar-refractivity contribution in [3.05, 3.63) is 35.9 Å². The quantitative estimate of drug-likeness (QED) is 0.581. The van der Waals surface area contributed by atoms with Crippen molar-refractivity contribution < 1.29 is 14.3 Å². The molecule has 2 saturated heterocycles. The van der Waals surface area contributed by atoms with Crippen molar-refractivity contribution in [2.75, 3.05) is 39.9 Å². The van der Waals surface area contributed by atoms with Gasteiger partial charge in [-0.1, -0.05) is 44.2 Å². The number of carbonyl (C=O) groups is 2. The summed E-state index contributed by atoms with van der Waals surface area (Å²) in [5.74, 6) is 0.435. The molecule has 6 nitrogen and oxygen atoms in total. The van der Waals surface area contributed by atoms with Crippen molar-refractivity contribution in [3.63, 3.8) is 0 Å². The van der Waals surface area contributed by atoms with Gasteiger partial charge < -0.3 is 19.9 Å². The van der Waals surface area contributed by atoms with Crippen LogP contribution >= 0.6 is 0 Å². The van der Waals surface area contributed by atoms with E-state index in [2.05, 4.69) is 54.4 Å². The molecule has 0 aromatic heterocycles. The fourth-order valence-corrected chi connectivity index (χ4v) is 4.97. The number of nitrogens with zero attached hydrogens (tertiary/aromatic N) is 2. The van der Waals surface area contributed by atoms with Crippen molar-refractivity contribution in [2.24, 2.45) is 5.92 Å². The number of piperazine rings is 1. The lowest BCUT2D eigenvalue weighted by Crippen LogP contribution is -2.73. The van der Waals surface area contributed by atoms with Crippen LogP contribution < -0.4 is 5.32 Å². The van der Waals surface area contributed by atoms with Gasteiger partial charge in [-0.05, 0) is 56.6 Å². The van der Waals surface area contributed by atoms with Gasteiger partial charge in [0, 0.05) is 26.7 Å². The van der Waals surface area contributed by atoms with Crippen molar-refractivity contribution in [1.29, 1.82) is 0 Å². The molecule has 31 heavy (non-hydrogen) atoms. The number of aryl methyl sites for hydroxylation is 1. The minimum atomic E-state index is -0.719. The van der Waals surface area contributed by atoms with Gasteiger partial charge >= 0.3 is 0 Å². The molecule has 1 spiro atoms. The normalized spacial score (nSPS) is 21.7. The molecular weight excluding hydrogens is 390 g/mol. The predicted octanol–water partition coefficient (Wildman–Crippen LogP) is 2.86. The molecule has 1 aromatic carbocycles. The lowest BCUT2D eigenvalue weighted by atomic mass is 9.81. The van der Waals surface area contributed by atoms with Crippen LogP contribution in [0.25, 0.3) is 0 Å². The second kappa shape index (κ2) is 11.1. The van der Waals surface area contributed by atoms with E-state index in [-0.39, 0.29) is 11.8 Å². The second-order valence-electron chi connectivity index (χ2n) is 9.45. The van der Waals surface area contributed by atoms with E-state index in [1.165, 1.54) is 12.0 Å². The summed E-state index contributed by atoms with van der Waals surface area (Å²) in [6, 6.07) is 10.2. The van der Waals surface area contributed by atoms with Crippen LogP contribution in [-0.4, -0.2) is 73.1 Å². The minimum absolute atomic E-state index is 0.0255. The van der Waals surface area contributed by atoms with Gasteiger partial charge in [0.05, 0.1) is 6.61 Å². The number of ether oxygens (including phenoxy) is 1. The fraction of sp³-hybridized carbons (Fsp3) is 0.680. The highest BCUT2D eigenvalue weighted by Gasteiger charge is 2.53. The molecule has 2 amide bonds. The summed E-state index contributed by atoms with van der Waals surface area (Å²) in [4.78, 5) is 30.8. The van der Waals surface area contributed by atoms with Gasteiger partial charge in [0.25, 0.3) is 0 Å². The molecule has 0 bridgehead atoms. The third kappa shape index (κ3) is 5.86. The van der Waals surface area contributed by atoms with Crippen LogP contribution in [0.15, 0.2) is 30.3 Å². The zero-order valence-corrected chi connectivity index (χ0v) is 19.4. The number of likely N-dealkylation sites (tertiary alicyclic amines) is 1. The summed E-state index contributed by atoms with van der Waals surface area (Å²) in [6.45, 7) is 7.85. The Morgan fingerprint density at radius 2 is 1.81 bits per heavy atom. The lowest BCUT2D eigenvalue weighted by Gasteiger charge is -2.51. The Hall–Kier alpha value is -1.92. The molecule has 1 aromatic rings. The second-order valence-corrected chi connectivity index (χ2v) is 9.45. The van der Waals surface area contributed by atoms with Crippen molar-refractivity contribution in [3.8, 4) is 0 Å². The Labute approximate surface area is 187 Å². The number of amides is 2. The number of piperidine rings is 1. The molecule has 3 rings (SSSR count). The van der Waals surface area contributed by atoms with Crippen LogP contribution in [0.3, 0.4) is 0 Å². The van der Waals surface area contributed by atoms with Gasteiger partial charge in [-0.2, -0.15) is 0 Å². The maximum atomic E-state index is 13.3. The summed E-state index contributed by atoms with van der Waals surface area (Å²) >= 11 is 0. The molecule has 172 valence electrons. The molecule has 2 heterocycles. The zero-order chi connectivity index (χ0) is 22.3. The molecule has 0 aliphatic carbocycles. The van der Waals surface area contributed by atoms with Crippen molar-refractivity contribution in [2.45, 2.75) is 64.0 Å². The Morgan fingerprint density at radius 3 is 2.45 bits per heavy atom. The zero-order valence-electron chi connectivity index (χ0n) is 19.4. The summed E-state index contributed by atoms with van der Waals surface area (Å²) in [5, 5.41) is 3.06. The summed E-state index contributed by atoms with van der Waals surface area (Å²) in [6.07, 6.45) is 5.50. The first-order valence-corrected chi connectivity index (χ1v) is 11.8. The number of carbonyl (C=O) groups excluding carboxylic acids is 2. The first kappa shape index (κ1) is 23.7. The Morgan fingerprint density at radius 1 is 1.10 bits per heavy atom. The van der Waals surface area contributed by atoms with E-state index in [0.717, 1.165) is 32.5 Å². The van der Waals surface area contributed by atoms with Crippen LogP contribution in [-0.2, 0) is 20.7 Å². The van der Waals surface area contributed by atoms with E-state index in [1.54, 1.807) is 7.11 Å². The number of hydrogen-bond acceptors (Lipinski definition) is 4. The molecule has 2 fully saturated rings. The summed E-state index contributed by atoms with van der Waals surface area (Å²) in [5.41, 5.74) is 0.672. The number of nitrogens with one attached hydrogen (secondary N) is 1. The smallest absolute Gasteiger partial charge is 0.246 e. The first-order chi connectivity index (χ1) is 15.0. The number of benzene rings is 1. The summed E-state index contributed by atoms with van der Waals surface area (Å²) in [7, 11) is 1.64. The highest BCUT2D eigenvalue weighted by molar-refractivity contribution is 6.00. The van der Waals surface area contributed by atoms with E-state index in [0.29, 0.717) is 38.3 Å². The monoisotopic (exact) mass is 429 g/mol. The van der Waals surface area contributed by atoms with Gasteiger partial charge in [0.1, 0.15) is 11.6 Å². The Kier molecular flexibility index (Phi) is 8.50. The van der Waals surface area contributed by atoms with Crippen molar-refractivity contribution >= 4 is 11.8 Å². The van der Waals surface area contributed by atoms with Gasteiger partial charge in [0.15, 0.2) is 0 Å². The molecule has 6 heteroatoms. The van der Waals surface area contributed by atoms with Crippen LogP contribution in [0.1, 0.15) is 51.5 Å². The molecule has 2 aliphatic rings. The third-order valence-corrected chi connectivity index (χ3v) is 6.75. The molecule has 0 saturated carbocycles. The molecular formula is C25H39N3O3. The fourth-order valence-electron chi connectivity index (χ4n) is 4.97. The topological polar surface area (TPSA) is 61.9 Å². The maximum absolute atomic E-state index is 13.3. The average molecular weight is 430 g/mol. The average Bonchev–Trinajstić information content (AvgIpc) is 2.76. The van der Waals surface area contributed by atoms with Crippen LogP contribution in [0.2, 0.25) is 0 Å². The molecule has 2 aliphatic heterocycles. The van der Waals surface area contributed by atoms with Gasteiger partial charge in [-0.15, -0.1) is 0 Å². The van der Waals surface area contributed by atoms with E-state index in [1.807, 2.05) is 4.90 Å². The Balaban J connectivity index is 1.55. The number of methoxy groups -OCH3 is 1. The van der Waals surface area contributed by atoms with E-state index < -0.39 is 11.6 Å². The third-order valence-electron chi connectivity index (χ3n) is 6.75. The van der Waals surface area contributed by atoms with Gasteiger partial charge in [0.2, 0.25) is 11.8 Å². The molecule has 1 atom stereocenters. The SMILES string of the molecule is COCCN1C(=O)[C@H](CC(C)C)NC(=O)C12CCN(CCCCc1ccccc1)CC2. The molecule has 1 N–H and O–H groups in total. The maximum Gasteiger partial charge on any atom is 0.246 e. The minimum Gasteiger partial charge on any atom is -0.383 e. The van der Waals surface area contributed by atoms with E-state index in [4.69, 9.17) is 4.74 Å². The van der Waals surface area contributed by atoms with Crippen molar-refractivity contribution in [1.82, 2.24) is 15.1 Å². The highest BCUT2D eigenvalue weighted by Crippen LogP contribution is 2.34. The Bertz CT molecular complexity index is 714. The lowest BCUT2D eigenvalue weighted by molar-refractivity contribution is -0.162. The van der Waals surface area contributed by atoms with E-state index >= 15 is 0 Å². The van der Waals surface area contributed by atoms with Gasteiger partial charge in [-0.3, -0.25) is 9.59 Å². The number of hydrogen-bond donors (Lipinski definition) is 1. The number of rotatable bonds is 10. The first-order valence-electron chi connectivity index (χ1n) is 11.8. The predicted molar refractivity (Wildman–Crippen MR) is 123 cm³/mol. The molecule has 0 radical (unpaired) electrons. The van der Waals surface area contributed by atoms with E-state index in [9.17, 15) is 9.59 Å².